The highest BCUT2D eigenvalue weighted by Crippen LogP contribution is 2.31. The first-order valence-corrected chi connectivity index (χ1v) is 8.38. The van der Waals surface area contributed by atoms with E-state index in [1.807, 2.05) is 29.7 Å². The molecule has 0 amide bonds. The van der Waals surface area contributed by atoms with Crippen LogP contribution in [0.2, 0.25) is 10.0 Å². The molecule has 0 spiro atoms. The van der Waals surface area contributed by atoms with Crippen LogP contribution in [0, 0.1) is 0 Å². The van der Waals surface area contributed by atoms with Crippen molar-refractivity contribution in [2.75, 3.05) is 13.1 Å². The number of nitrogens with one attached hydrogen (secondary N) is 1. The molecule has 1 aliphatic heterocycles. The number of hydrogen-bond acceptors (Lipinski definition) is 3. The lowest BCUT2D eigenvalue weighted by Gasteiger charge is -2.20. The predicted octanol–water partition coefficient (Wildman–Crippen LogP) is 4.51. The van der Waals surface area contributed by atoms with Gasteiger partial charge in [0.05, 0.1) is 5.01 Å². The predicted molar refractivity (Wildman–Crippen MR) is 86.2 cm³/mol. The van der Waals surface area contributed by atoms with Gasteiger partial charge in [-0.25, -0.2) is 4.98 Å². The van der Waals surface area contributed by atoms with E-state index >= 15 is 0 Å². The molecule has 2 aromatic rings. The maximum atomic E-state index is 6.03. The molecule has 106 valence electrons. The van der Waals surface area contributed by atoms with Crippen LogP contribution in [0.3, 0.4) is 0 Å². The highest BCUT2D eigenvalue weighted by atomic mass is 35.5. The first-order chi connectivity index (χ1) is 9.70. The van der Waals surface area contributed by atoms with Gasteiger partial charge in [0.2, 0.25) is 0 Å². The molecular weight excluding hydrogens is 311 g/mol. The second-order valence-electron chi connectivity index (χ2n) is 5.14. The number of nitrogens with zero attached hydrogens (tertiary/aromatic N) is 1. The van der Waals surface area contributed by atoms with E-state index in [0.717, 1.165) is 30.1 Å². The topological polar surface area (TPSA) is 24.9 Å². The van der Waals surface area contributed by atoms with Crippen LogP contribution in [0.15, 0.2) is 24.4 Å². The molecule has 0 radical (unpaired) electrons. The minimum atomic E-state index is 0.672. The van der Waals surface area contributed by atoms with Crippen molar-refractivity contribution in [3.05, 3.63) is 49.9 Å². The van der Waals surface area contributed by atoms with Crippen molar-refractivity contribution >= 4 is 34.5 Å². The molecule has 0 bridgehead atoms. The van der Waals surface area contributed by atoms with Gasteiger partial charge >= 0.3 is 0 Å². The summed E-state index contributed by atoms with van der Waals surface area (Å²) in [6.07, 6.45) is 5.27. The van der Waals surface area contributed by atoms with Gasteiger partial charge in [0.15, 0.2) is 0 Å². The van der Waals surface area contributed by atoms with Gasteiger partial charge in [-0.3, -0.25) is 0 Å². The third kappa shape index (κ3) is 3.53. The summed E-state index contributed by atoms with van der Waals surface area (Å²) in [6, 6.07) is 5.67. The Morgan fingerprint density at radius 3 is 2.55 bits per heavy atom. The van der Waals surface area contributed by atoms with E-state index < -0.39 is 0 Å². The summed E-state index contributed by atoms with van der Waals surface area (Å²) in [5.41, 5.74) is 1.12. The average Bonchev–Trinajstić information content (AvgIpc) is 2.87. The van der Waals surface area contributed by atoms with Crippen LogP contribution >= 0.6 is 34.5 Å². The monoisotopic (exact) mass is 326 g/mol. The summed E-state index contributed by atoms with van der Waals surface area (Å²) in [5, 5.41) is 5.90. The van der Waals surface area contributed by atoms with Crippen LogP contribution in [0.4, 0.5) is 0 Å². The Kier molecular flexibility index (Phi) is 4.61. The van der Waals surface area contributed by atoms with Gasteiger partial charge in [-0.1, -0.05) is 23.2 Å². The zero-order valence-corrected chi connectivity index (χ0v) is 13.4. The van der Waals surface area contributed by atoms with Crippen LogP contribution in [-0.4, -0.2) is 18.1 Å². The quantitative estimate of drug-likeness (QED) is 0.897. The molecule has 1 aromatic heterocycles. The van der Waals surface area contributed by atoms with Crippen LogP contribution in [-0.2, 0) is 6.42 Å². The molecule has 1 saturated heterocycles. The highest BCUT2D eigenvalue weighted by Gasteiger charge is 2.17. The van der Waals surface area contributed by atoms with Gasteiger partial charge in [-0.15, -0.1) is 11.3 Å². The molecule has 0 atom stereocenters. The lowest BCUT2D eigenvalue weighted by Crippen LogP contribution is -2.26. The Labute approximate surface area is 133 Å². The van der Waals surface area contributed by atoms with E-state index in [9.17, 15) is 0 Å². The Balaban J connectivity index is 1.73. The molecule has 0 aliphatic carbocycles. The molecular formula is C15H16Cl2N2S. The van der Waals surface area contributed by atoms with Gasteiger partial charge in [0.1, 0.15) is 0 Å². The van der Waals surface area contributed by atoms with E-state index in [4.69, 9.17) is 23.2 Å². The molecule has 3 rings (SSSR count). The Morgan fingerprint density at radius 1 is 1.15 bits per heavy atom. The second kappa shape index (κ2) is 6.44. The fourth-order valence-corrected chi connectivity index (χ4v) is 4.28. The van der Waals surface area contributed by atoms with E-state index in [-0.39, 0.29) is 0 Å². The lowest BCUT2D eigenvalue weighted by atomic mass is 9.97. The summed E-state index contributed by atoms with van der Waals surface area (Å²) in [5.74, 6) is 0.672. The fourth-order valence-electron chi connectivity index (χ4n) is 2.59. The van der Waals surface area contributed by atoms with Gasteiger partial charge in [-0.2, -0.15) is 0 Å². The Hall–Kier alpha value is -0.610. The van der Waals surface area contributed by atoms with E-state index in [2.05, 4.69) is 10.3 Å². The van der Waals surface area contributed by atoms with Crippen molar-refractivity contribution in [1.29, 1.82) is 0 Å². The normalized spacial score (nSPS) is 16.5. The Morgan fingerprint density at radius 2 is 1.85 bits per heavy atom. The van der Waals surface area contributed by atoms with Gasteiger partial charge in [-0.05, 0) is 55.6 Å². The lowest BCUT2D eigenvalue weighted by molar-refractivity contribution is 0.465. The number of halogens is 2. The largest absolute Gasteiger partial charge is 0.317 e. The van der Waals surface area contributed by atoms with E-state index in [1.165, 1.54) is 17.7 Å². The van der Waals surface area contributed by atoms with Gasteiger partial charge in [0.25, 0.3) is 0 Å². The molecule has 2 heterocycles. The number of aromatic nitrogens is 1. The van der Waals surface area contributed by atoms with Crippen molar-refractivity contribution < 1.29 is 0 Å². The summed E-state index contributed by atoms with van der Waals surface area (Å²) < 4.78 is 0. The summed E-state index contributed by atoms with van der Waals surface area (Å²) in [6.45, 7) is 2.23. The molecule has 20 heavy (non-hydrogen) atoms. The number of benzene rings is 1. The zero-order valence-electron chi connectivity index (χ0n) is 11.0. The molecule has 1 fully saturated rings. The van der Waals surface area contributed by atoms with E-state index in [0.29, 0.717) is 16.0 Å². The van der Waals surface area contributed by atoms with Crippen molar-refractivity contribution in [2.45, 2.75) is 25.2 Å². The maximum Gasteiger partial charge on any atom is 0.0971 e. The second-order valence-corrected chi connectivity index (χ2v) is 7.15. The molecule has 5 heteroatoms. The third-order valence-electron chi connectivity index (χ3n) is 3.59. The minimum absolute atomic E-state index is 0.672. The molecule has 0 unspecified atom stereocenters. The molecule has 1 N–H and O–H groups in total. The number of hydrogen-bond donors (Lipinski definition) is 1. The summed E-state index contributed by atoms with van der Waals surface area (Å²) in [7, 11) is 0. The Bertz CT molecular complexity index is 571. The van der Waals surface area contributed by atoms with Gasteiger partial charge < -0.3 is 5.32 Å². The smallest absolute Gasteiger partial charge is 0.0971 e. The summed E-state index contributed by atoms with van der Waals surface area (Å²) in [4.78, 5) is 5.97. The molecule has 2 nitrogen and oxygen atoms in total. The minimum Gasteiger partial charge on any atom is -0.317 e. The molecule has 0 saturated carbocycles. The average molecular weight is 327 g/mol. The van der Waals surface area contributed by atoms with Gasteiger partial charge in [0, 0.05) is 27.5 Å². The SMILES string of the molecule is Clc1cc(Cl)cc(Cc2ncc(C3CCNCC3)s2)c1. The third-order valence-corrected chi connectivity index (χ3v) is 5.19. The van der Waals surface area contributed by atoms with Crippen LogP contribution < -0.4 is 5.32 Å². The fraction of sp³-hybridized carbons (Fsp3) is 0.400. The van der Waals surface area contributed by atoms with Crippen molar-refractivity contribution in [3.8, 4) is 0 Å². The molecule has 1 aliphatic rings. The number of piperidine rings is 1. The van der Waals surface area contributed by atoms with E-state index in [1.54, 1.807) is 6.07 Å². The first kappa shape index (κ1) is 14.3. The summed E-state index contributed by atoms with van der Waals surface area (Å²) >= 11 is 13.9. The number of rotatable bonds is 3. The van der Waals surface area contributed by atoms with Crippen molar-refractivity contribution in [3.63, 3.8) is 0 Å². The van der Waals surface area contributed by atoms with Crippen molar-refractivity contribution in [2.24, 2.45) is 0 Å². The maximum absolute atomic E-state index is 6.03. The van der Waals surface area contributed by atoms with Crippen LogP contribution in [0.5, 0.6) is 0 Å². The zero-order chi connectivity index (χ0) is 13.9. The highest BCUT2D eigenvalue weighted by molar-refractivity contribution is 7.11. The molecule has 1 aromatic carbocycles. The van der Waals surface area contributed by atoms with Crippen LogP contribution in [0.25, 0.3) is 0 Å². The van der Waals surface area contributed by atoms with Crippen LogP contribution in [0.1, 0.15) is 34.2 Å². The first-order valence-electron chi connectivity index (χ1n) is 6.81. The number of thiazole rings is 1. The van der Waals surface area contributed by atoms with Crippen molar-refractivity contribution in [1.82, 2.24) is 10.3 Å². The standard InChI is InChI=1S/C15H16Cl2N2S/c16-12-5-10(6-13(17)8-12)7-15-19-9-14(20-15)11-1-3-18-4-2-11/h5-6,8-9,11,18H,1-4,7H2.